The summed E-state index contributed by atoms with van der Waals surface area (Å²) in [5.41, 5.74) is 1.52. The zero-order valence-electron chi connectivity index (χ0n) is 27.6. The highest BCUT2D eigenvalue weighted by molar-refractivity contribution is 6.11. The number of hydrogen-bond donors (Lipinski definition) is 5. The SMILES string of the molecule is Cn1cnc2cc(C(=O)N[C@@H](Cc3ccccc3)C(=O)Nc3cc(C(=O)O)cc(C(=O)O)c3)c(C(=O)NCC34CC5CC(CC(C5)C3)C4)cc21. The van der Waals surface area contributed by atoms with Gasteiger partial charge in [-0.05, 0) is 97.6 Å². The highest BCUT2D eigenvalue weighted by Crippen LogP contribution is 2.59. The van der Waals surface area contributed by atoms with E-state index in [2.05, 4.69) is 20.9 Å². The predicted octanol–water partition coefficient (Wildman–Crippen LogP) is 4.90. The maximum absolute atomic E-state index is 14.1. The average Bonchev–Trinajstić information content (AvgIpc) is 3.45. The number of rotatable bonds is 11. The van der Waals surface area contributed by atoms with Crippen LogP contribution in [-0.4, -0.2) is 62.0 Å². The molecule has 1 aromatic heterocycles. The van der Waals surface area contributed by atoms with Crippen molar-refractivity contribution in [3.05, 3.63) is 94.8 Å². The maximum Gasteiger partial charge on any atom is 0.335 e. The minimum absolute atomic E-state index is 0.0562. The number of amides is 3. The third-order valence-corrected chi connectivity index (χ3v) is 10.7. The molecule has 4 aliphatic rings. The fraction of sp³-hybridized carbons (Fsp3) is 0.368. The first kappa shape index (κ1) is 33.0. The lowest BCUT2D eigenvalue weighted by Crippen LogP contribution is -2.51. The summed E-state index contributed by atoms with van der Waals surface area (Å²) in [7, 11) is 1.81. The van der Waals surface area contributed by atoms with E-state index in [0.29, 0.717) is 17.6 Å². The first-order valence-electron chi connectivity index (χ1n) is 17.0. The lowest BCUT2D eigenvalue weighted by molar-refractivity contribution is -0.118. The second-order valence-corrected chi connectivity index (χ2v) is 14.5. The molecule has 3 aromatic carbocycles. The number of carbonyl (C=O) groups is 5. The molecule has 4 fully saturated rings. The van der Waals surface area contributed by atoms with Gasteiger partial charge in [0.25, 0.3) is 11.8 Å². The van der Waals surface area contributed by atoms with Crippen molar-refractivity contribution in [1.82, 2.24) is 20.2 Å². The number of carboxylic acids is 2. The van der Waals surface area contributed by atoms with Gasteiger partial charge in [0.1, 0.15) is 6.04 Å². The fourth-order valence-corrected chi connectivity index (χ4v) is 8.89. The van der Waals surface area contributed by atoms with Gasteiger partial charge in [-0.3, -0.25) is 14.4 Å². The molecule has 258 valence electrons. The number of hydrogen-bond acceptors (Lipinski definition) is 6. The Balaban J connectivity index is 1.16. The van der Waals surface area contributed by atoms with Crippen LogP contribution in [0.2, 0.25) is 0 Å². The third kappa shape index (κ3) is 6.70. The number of anilines is 1. The van der Waals surface area contributed by atoms with Crippen LogP contribution in [0.4, 0.5) is 5.69 Å². The molecular weight excluding hydrogens is 638 g/mol. The lowest BCUT2D eigenvalue weighted by Gasteiger charge is -2.56. The number of imidazole rings is 1. The van der Waals surface area contributed by atoms with Crippen molar-refractivity contribution in [3.63, 3.8) is 0 Å². The van der Waals surface area contributed by atoms with Crippen LogP contribution in [-0.2, 0) is 18.3 Å². The van der Waals surface area contributed by atoms with E-state index in [0.717, 1.165) is 60.8 Å². The zero-order chi connectivity index (χ0) is 35.2. The molecule has 50 heavy (non-hydrogen) atoms. The molecule has 1 atom stereocenters. The number of aryl methyl sites for hydroxylation is 1. The van der Waals surface area contributed by atoms with Crippen LogP contribution in [0.5, 0.6) is 0 Å². The number of aromatic carboxylic acids is 2. The van der Waals surface area contributed by atoms with Crippen molar-refractivity contribution in [1.29, 1.82) is 0 Å². The van der Waals surface area contributed by atoms with Gasteiger partial charge in [0.2, 0.25) is 5.91 Å². The van der Waals surface area contributed by atoms with Crippen LogP contribution in [0.3, 0.4) is 0 Å². The highest BCUT2D eigenvalue weighted by Gasteiger charge is 2.50. The Hall–Kier alpha value is -5.52. The molecule has 4 aromatic rings. The third-order valence-electron chi connectivity index (χ3n) is 10.7. The molecule has 1 heterocycles. The summed E-state index contributed by atoms with van der Waals surface area (Å²) in [5.74, 6) is -2.30. The summed E-state index contributed by atoms with van der Waals surface area (Å²) in [6.07, 6.45) is 8.88. The smallest absolute Gasteiger partial charge is 0.335 e. The van der Waals surface area contributed by atoms with Crippen LogP contribution in [0.15, 0.2) is 67.0 Å². The second-order valence-electron chi connectivity index (χ2n) is 14.5. The van der Waals surface area contributed by atoms with E-state index in [4.69, 9.17) is 0 Å². The van der Waals surface area contributed by atoms with E-state index in [9.17, 15) is 34.2 Å². The molecule has 0 saturated heterocycles. The second kappa shape index (κ2) is 13.1. The minimum Gasteiger partial charge on any atom is -0.478 e. The first-order chi connectivity index (χ1) is 23.9. The highest BCUT2D eigenvalue weighted by atomic mass is 16.4. The molecular formula is C38H39N5O7. The first-order valence-corrected chi connectivity index (χ1v) is 17.0. The molecule has 4 aliphatic carbocycles. The molecule has 4 bridgehead atoms. The van der Waals surface area contributed by atoms with E-state index in [1.54, 1.807) is 47.3 Å². The molecule has 4 saturated carbocycles. The number of fused-ring (bicyclic) bond motifs is 1. The number of benzene rings is 3. The van der Waals surface area contributed by atoms with Crippen LogP contribution in [0.1, 0.15) is 85.5 Å². The summed E-state index contributed by atoms with van der Waals surface area (Å²) >= 11 is 0. The van der Waals surface area contributed by atoms with Gasteiger partial charge in [-0.15, -0.1) is 0 Å². The standard InChI is InChI=1S/C38H39N5O7/c1-43-20-40-30-14-28(29(15-32(30)43)33(44)39-19-38-16-22-7-23(17-38)9-24(8-22)18-38)34(45)42-31(10-21-5-3-2-4-6-21)35(46)41-27-12-25(36(47)48)11-26(13-27)37(49)50/h2-6,11-15,20,22-24,31H,7-10,16-19H2,1H3,(H,39,44)(H,41,46)(H,42,45)(H,47,48)(H,49,50)/t22?,23?,24?,31-,38?/m0/s1. The van der Waals surface area contributed by atoms with E-state index in [-0.39, 0.29) is 45.7 Å². The largest absolute Gasteiger partial charge is 0.478 e. The Bertz CT molecular complexity index is 1950. The molecule has 8 rings (SSSR count). The number of nitrogens with one attached hydrogen (secondary N) is 3. The Kier molecular flexibility index (Phi) is 8.63. The molecule has 3 amide bonds. The molecule has 0 aliphatic heterocycles. The van der Waals surface area contributed by atoms with Crippen molar-refractivity contribution in [2.45, 2.75) is 51.0 Å². The van der Waals surface area contributed by atoms with Crippen molar-refractivity contribution in [3.8, 4) is 0 Å². The van der Waals surface area contributed by atoms with Crippen molar-refractivity contribution in [2.75, 3.05) is 11.9 Å². The van der Waals surface area contributed by atoms with Gasteiger partial charge in [-0.25, -0.2) is 14.6 Å². The molecule has 0 spiro atoms. The van der Waals surface area contributed by atoms with Crippen molar-refractivity contribution < 1.29 is 34.2 Å². The lowest BCUT2D eigenvalue weighted by atomic mass is 9.49. The number of carboxylic acid groups (broad SMARTS) is 2. The summed E-state index contributed by atoms with van der Waals surface area (Å²) in [5, 5.41) is 27.6. The van der Waals surface area contributed by atoms with E-state index in [1.807, 2.05) is 13.1 Å². The summed E-state index contributed by atoms with van der Waals surface area (Å²) in [6, 6.07) is 14.3. The van der Waals surface area contributed by atoms with Crippen LogP contribution in [0.25, 0.3) is 11.0 Å². The average molecular weight is 678 g/mol. The summed E-state index contributed by atoms with van der Waals surface area (Å²) < 4.78 is 1.77. The Labute approximate surface area is 288 Å². The van der Waals surface area contributed by atoms with E-state index >= 15 is 0 Å². The normalized spacial score (nSPS) is 22.5. The quantitative estimate of drug-likeness (QED) is 0.149. The van der Waals surface area contributed by atoms with Gasteiger partial charge in [0.15, 0.2) is 0 Å². The van der Waals surface area contributed by atoms with Gasteiger partial charge in [-0.2, -0.15) is 0 Å². The monoisotopic (exact) mass is 677 g/mol. The number of carbonyl (C=O) groups excluding carboxylic acids is 3. The molecule has 0 radical (unpaired) electrons. The molecule has 12 heteroatoms. The van der Waals surface area contributed by atoms with Gasteiger partial charge in [0.05, 0.1) is 39.6 Å². The Morgan fingerprint density at radius 1 is 0.840 bits per heavy atom. The van der Waals surface area contributed by atoms with Crippen molar-refractivity contribution in [2.24, 2.45) is 30.2 Å². The van der Waals surface area contributed by atoms with Crippen molar-refractivity contribution >= 4 is 46.4 Å². The van der Waals surface area contributed by atoms with Crippen LogP contribution < -0.4 is 16.0 Å². The minimum atomic E-state index is -1.36. The topological polar surface area (TPSA) is 180 Å². The number of nitrogens with zero attached hydrogens (tertiary/aromatic N) is 2. The van der Waals surface area contributed by atoms with Crippen LogP contribution >= 0.6 is 0 Å². The fourth-order valence-electron chi connectivity index (χ4n) is 8.89. The predicted molar refractivity (Wildman–Crippen MR) is 184 cm³/mol. The van der Waals surface area contributed by atoms with Crippen LogP contribution in [0, 0.1) is 23.2 Å². The summed E-state index contributed by atoms with van der Waals surface area (Å²) in [4.78, 5) is 69.6. The number of aromatic nitrogens is 2. The zero-order valence-corrected chi connectivity index (χ0v) is 27.6. The van der Waals surface area contributed by atoms with E-state index < -0.39 is 29.8 Å². The van der Waals surface area contributed by atoms with Gasteiger partial charge >= 0.3 is 11.9 Å². The van der Waals surface area contributed by atoms with Gasteiger partial charge in [0, 0.05) is 25.7 Å². The van der Waals surface area contributed by atoms with E-state index in [1.165, 1.54) is 19.3 Å². The summed E-state index contributed by atoms with van der Waals surface area (Å²) in [6.45, 7) is 0.548. The van der Waals surface area contributed by atoms with Gasteiger partial charge < -0.3 is 30.7 Å². The molecule has 0 unspecified atom stereocenters. The maximum atomic E-state index is 14.1. The molecule has 5 N–H and O–H groups in total. The Morgan fingerprint density at radius 3 is 2.04 bits per heavy atom. The van der Waals surface area contributed by atoms with Gasteiger partial charge in [-0.1, -0.05) is 30.3 Å². The Morgan fingerprint density at radius 2 is 1.44 bits per heavy atom. The molecule has 12 nitrogen and oxygen atoms in total.